The van der Waals surface area contributed by atoms with E-state index in [0.717, 1.165) is 12.0 Å². The third-order valence-corrected chi connectivity index (χ3v) is 5.03. The first-order chi connectivity index (χ1) is 13.8. The van der Waals surface area contributed by atoms with Gasteiger partial charge in [-0.05, 0) is 34.2 Å². The molecule has 1 aliphatic rings. The van der Waals surface area contributed by atoms with E-state index in [4.69, 9.17) is 4.74 Å². The zero-order valence-electron chi connectivity index (χ0n) is 15.7. The van der Waals surface area contributed by atoms with Crippen molar-refractivity contribution in [1.82, 2.24) is 5.32 Å². The van der Waals surface area contributed by atoms with Crippen molar-refractivity contribution in [2.75, 3.05) is 13.2 Å². The highest BCUT2D eigenvalue weighted by atomic mass is 16.5. The number of fused-ring (bicyclic) bond motifs is 3. The number of carbonyl (C=O) groups is 1. The fourth-order valence-electron chi connectivity index (χ4n) is 3.69. The van der Waals surface area contributed by atoms with Crippen molar-refractivity contribution >= 4 is 12.2 Å². The summed E-state index contributed by atoms with van der Waals surface area (Å²) in [5.41, 5.74) is 6.07. The Kier molecular flexibility index (Phi) is 5.53. The van der Waals surface area contributed by atoms with E-state index in [0.29, 0.717) is 13.2 Å². The largest absolute Gasteiger partial charge is 0.449 e. The van der Waals surface area contributed by atoms with Gasteiger partial charge in [-0.25, -0.2) is 4.79 Å². The first-order valence-corrected chi connectivity index (χ1v) is 9.63. The SMILES string of the molecule is O=C(NCCC=Cc1ccccc1)OCC1c2ccccc2-c2ccccc21. The molecule has 3 heteroatoms. The Bertz CT molecular complexity index is 933. The zero-order chi connectivity index (χ0) is 19.2. The van der Waals surface area contributed by atoms with Crippen LogP contribution in [0.4, 0.5) is 4.79 Å². The summed E-state index contributed by atoms with van der Waals surface area (Å²) in [6.45, 7) is 0.903. The van der Waals surface area contributed by atoms with Crippen LogP contribution in [0.3, 0.4) is 0 Å². The topological polar surface area (TPSA) is 38.3 Å². The van der Waals surface area contributed by atoms with Gasteiger partial charge < -0.3 is 10.1 Å². The summed E-state index contributed by atoms with van der Waals surface area (Å²) in [6, 6.07) is 26.8. The minimum atomic E-state index is -0.366. The number of hydrogen-bond acceptors (Lipinski definition) is 2. The highest BCUT2D eigenvalue weighted by Gasteiger charge is 2.28. The molecule has 0 aliphatic heterocycles. The highest BCUT2D eigenvalue weighted by molar-refractivity contribution is 5.79. The summed E-state index contributed by atoms with van der Waals surface area (Å²) in [7, 11) is 0. The summed E-state index contributed by atoms with van der Waals surface area (Å²) in [5, 5.41) is 2.83. The molecule has 0 fully saturated rings. The van der Waals surface area contributed by atoms with Gasteiger partial charge in [-0.15, -0.1) is 0 Å². The Hall–Kier alpha value is -3.33. The molecule has 0 saturated carbocycles. The zero-order valence-corrected chi connectivity index (χ0v) is 15.7. The second-order valence-corrected chi connectivity index (χ2v) is 6.85. The van der Waals surface area contributed by atoms with Crippen LogP contribution < -0.4 is 5.32 Å². The van der Waals surface area contributed by atoms with Gasteiger partial charge >= 0.3 is 6.09 Å². The van der Waals surface area contributed by atoms with Crippen molar-refractivity contribution in [1.29, 1.82) is 0 Å². The van der Waals surface area contributed by atoms with Gasteiger partial charge in [-0.1, -0.05) is 91.0 Å². The van der Waals surface area contributed by atoms with Crippen LogP contribution in [0.1, 0.15) is 29.0 Å². The molecule has 28 heavy (non-hydrogen) atoms. The lowest BCUT2D eigenvalue weighted by Crippen LogP contribution is -2.26. The maximum absolute atomic E-state index is 12.1. The molecule has 1 aliphatic carbocycles. The van der Waals surface area contributed by atoms with Crippen molar-refractivity contribution in [2.45, 2.75) is 12.3 Å². The van der Waals surface area contributed by atoms with Crippen LogP contribution >= 0.6 is 0 Å². The smallest absolute Gasteiger partial charge is 0.407 e. The summed E-state index contributed by atoms with van der Waals surface area (Å²) < 4.78 is 5.53. The van der Waals surface area contributed by atoms with Crippen molar-refractivity contribution in [2.24, 2.45) is 0 Å². The Morgan fingerprint density at radius 2 is 1.46 bits per heavy atom. The number of rotatable bonds is 6. The van der Waals surface area contributed by atoms with Crippen LogP contribution in [0.5, 0.6) is 0 Å². The van der Waals surface area contributed by atoms with E-state index in [1.165, 1.54) is 22.3 Å². The Labute approximate surface area is 165 Å². The van der Waals surface area contributed by atoms with Crippen molar-refractivity contribution in [3.63, 3.8) is 0 Å². The van der Waals surface area contributed by atoms with Crippen LogP contribution in [0.15, 0.2) is 84.9 Å². The lowest BCUT2D eigenvalue weighted by molar-refractivity contribution is 0.143. The van der Waals surface area contributed by atoms with Crippen molar-refractivity contribution in [3.05, 3.63) is 102 Å². The molecule has 0 aromatic heterocycles. The molecule has 3 aromatic rings. The van der Waals surface area contributed by atoms with E-state index in [1.54, 1.807) is 0 Å². The molecule has 0 bridgehead atoms. The molecular weight excluding hydrogens is 346 g/mol. The molecule has 4 rings (SSSR count). The molecule has 3 nitrogen and oxygen atoms in total. The van der Waals surface area contributed by atoms with Crippen LogP contribution in [-0.2, 0) is 4.74 Å². The lowest BCUT2D eigenvalue weighted by Gasteiger charge is -2.14. The van der Waals surface area contributed by atoms with Crippen LogP contribution in [0.2, 0.25) is 0 Å². The Morgan fingerprint density at radius 3 is 2.14 bits per heavy atom. The maximum atomic E-state index is 12.1. The average molecular weight is 369 g/mol. The molecule has 1 N–H and O–H groups in total. The van der Waals surface area contributed by atoms with Gasteiger partial charge in [0.2, 0.25) is 0 Å². The maximum Gasteiger partial charge on any atom is 0.407 e. The summed E-state index contributed by atoms with van der Waals surface area (Å²) in [5.74, 6) is 0.0936. The molecular formula is C25H23NO2. The molecule has 1 amide bonds. The number of amides is 1. The molecule has 0 atom stereocenters. The fourth-order valence-corrected chi connectivity index (χ4v) is 3.69. The standard InChI is InChI=1S/C25H23NO2/c27-25(26-17-9-8-12-19-10-2-1-3-11-19)28-18-24-22-15-6-4-13-20(22)21-14-5-7-16-23(21)24/h1-8,10-16,24H,9,17-18H2,(H,26,27). The third kappa shape index (κ3) is 3.99. The summed E-state index contributed by atoms with van der Waals surface area (Å²) in [4.78, 5) is 12.1. The van der Waals surface area contributed by atoms with Gasteiger partial charge in [0.05, 0.1) is 0 Å². The first kappa shape index (κ1) is 18.1. The predicted octanol–water partition coefficient (Wildman–Crippen LogP) is 5.63. The van der Waals surface area contributed by atoms with Gasteiger partial charge in [0, 0.05) is 12.5 Å². The molecule has 0 saturated heterocycles. The van der Waals surface area contributed by atoms with E-state index in [-0.39, 0.29) is 12.0 Å². The minimum Gasteiger partial charge on any atom is -0.449 e. The van der Waals surface area contributed by atoms with E-state index in [9.17, 15) is 4.79 Å². The summed E-state index contributed by atoms with van der Waals surface area (Å²) >= 11 is 0. The third-order valence-electron chi connectivity index (χ3n) is 5.03. The molecule has 140 valence electrons. The molecule has 0 unspecified atom stereocenters. The fraction of sp³-hybridized carbons (Fsp3) is 0.160. The lowest BCUT2D eigenvalue weighted by atomic mass is 9.98. The first-order valence-electron chi connectivity index (χ1n) is 9.63. The second kappa shape index (κ2) is 8.57. The van der Waals surface area contributed by atoms with Crippen LogP contribution in [0, 0.1) is 0 Å². The monoisotopic (exact) mass is 369 g/mol. The average Bonchev–Trinajstić information content (AvgIpc) is 3.07. The number of carbonyl (C=O) groups excluding carboxylic acids is 1. The molecule has 0 heterocycles. The van der Waals surface area contributed by atoms with Gasteiger partial charge in [0.1, 0.15) is 6.61 Å². The van der Waals surface area contributed by atoms with Crippen LogP contribution in [0.25, 0.3) is 17.2 Å². The predicted molar refractivity (Wildman–Crippen MR) is 113 cm³/mol. The molecule has 0 spiro atoms. The van der Waals surface area contributed by atoms with Gasteiger partial charge in [-0.2, -0.15) is 0 Å². The number of benzene rings is 3. The number of alkyl carbamates (subject to hydrolysis) is 1. The van der Waals surface area contributed by atoms with E-state index >= 15 is 0 Å². The molecule has 3 aromatic carbocycles. The van der Waals surface area contributed by atoms with Gasteiger partial charge in [0.15, 0.2) is 0 Å². The van der Waals surface area contributed by atoms with Crippen LogP contribution in [-0.4, -0.2) is 19.2 Å². The number of nitrogens with one attached hydrogen (secondary N) is 1. The quantitative estimate of drug-likeness (QED) is 0.572. The van der Waals surface area contributed by atoms with Gasteiger partial charge in [-0.3, -0.25) is 0 Å². The minimum absolute atomic E-state index is 0.0936. The van der Waals surface area contributed by atoms with E-state index in [2.05, 4.69) is 66.0 Å². The second-order valence-electron chi connectivity index (χ2n) is 6.85. The number of hydrogen-bond donors (Lipinski definition) is 1. The highest BCUT2D eigenvalue weighted by Crippen LogP contribution is 2.44. The van der Waals surface area contributed by atoms with E-state index < -0.39 is 0 Å². The summed E-state index contributed by atoms with van der Waals surface area (Å²) in [6.07, 6.45) is 4.51. The Morgan fingerprint density at radius 1 is 0.857 bits per heavy atom. The normalized spacial score (nSPS) is 12.6. The Balaban J connectivity index is 1.29. The van der Waals surface area contributed by atoms with Crippen molar-refractivity contribution < 1.29 is 9.53 Å². The van der Waals surface area contributed by atoms with E-state index in [1.807, 2.05) is 30.3 Å². The van der Waals surface area contributed by atoms with Gasteiger partial charge in [0.25, 0.3) is 0 Å². The van der Waals surface area contributed by atoms with Crippen molar-refractivity contribution in [3.8, 4) is 11.1 Å². The molecule has 0 radical (unpaired) electrons. The number of ether oxygens (including phenoxy) is 1.